The van der Waals surface area contributed by atoms with Crippen LogP contribution in [0.1, 0.15) is 33.1 Å². The molecule has 0 saturated carbocycles. The van der Waals surface area contributed by atoms with Crippen LogP contribution in [0.2, 0.25) is 0 Å². The molecule has 1 aliphatic rings. The number of ether oxygens (including phenoxy) is 2. The van der Waals surface area contributed by atoms with E-state index in [2.05, 4.69) is 13.8 Å². The highest BCUT2D eigenvalue weighted by Crippen LogP contribution is 2.20. The molecular formula is C8H16O3. The van der Waals surface area contributed by atoms with Crippen molar-refractivity contribution in [1.29, 1.82) is 0 Å². The molecule has 1 aliphatic heterocycles. The van der Waals surface area contributed by atoms with Gasteiger partial charge in [0.25, 0.3) is 6.48 Å². The molecule has 0 spiro atoms. The minimum Gasteiger partial charge on any atom is -0.346 e. The summed E-state index contributed by atoms with van der Waals surface area (Å²) in [5.74, 6) is 0. The zero-order chi connectivity index (χ0) is 8.27. The highest BCUT2D eigenvalue weighted by Gasteiger charge is 2.26. The van der Waals surface area contributed by atoms with Gasteiger partial charge in [-0.1, -0.05) is 13.8 Å². The van der Waals surface area contributed by atoms with Gasteiger partial charge in [-0.3, -0.25) is 0 Å². The monoisotopic (exact) mass is 160 g/mol. The van der Waals surface area contributed by atoms with E-state index in [0.29, 0.717) is 0 Å². The van der Waals surface area contributed by atoms with E-state index in [0.717, 1.165) is 19.3 Å². The van der Waals surface area contributed by atoms with Gasteiger partial charge in [0, 0.05) is 6.42 Å². The Morgan fingerprint density at radius 3 is 2.00 bits per heavy atom. The van der Waals surface area contributed by atoms with Crippen molar-refractivity contribution < 1.29 is 14.6 Å². The van der Waals surface area contributed by atoms with Gasteiger partial charge in [-0.05, 0) is 12.8 Å². The van der Waals surface area contributed by atoms with E-state index in [4.69, 9.17) is 14.6 Å². The van der Waals surface area contributed by atoms with E-state index in [9.17, 15) is 0 Å². The summed E-state index contributed by atoms with van der Waals surface area (Å²) in [6.45, 7) is 3.10. The Hall–Kier alpha value is -0.120. The molecule has 1 fully saturated rings. The quantitative estimate of drug-likeness (QED) is 0.660. The molecule has 1 heterocycles. The van der Waals surface area contributed by atoms with Crippen LogP contribution >= 0.6 is 0 Å². The van der Waals surface area contributed by atoms with Gasteiger partial charge in [0.1, 0.15) is 0 Å². The minimum atomic E-state index is -1.00. The molecule has 11 heavy (non-hydrogen) atoms. The number of rotatable bonds is 2. The summed E-state index contributed by atoms with van der Waals surface area (Å²) < 4.78 is 10.2. The predicted molar refractivity (Wildman–Crippen MR) is 41.0 cm³/mol. The number of aliphatic hydroxyl groups excluding tert-OH is 1. The van der Waals surface area contributed by atoms with Gasteiger partial charge in [-0.15, -0.1) is 0 Å². The summed E-state index contributed by atoms with van der Waals surface area (Å²) in [6.07, 6.45) is 3.13. The van der Waals surface area contributed by atoms with Crippen LogP contribution in [0, 0.1) is 0 Å². The van der Waals surface area contributed by atoms with Crippen LogP contribution in [-0.2, 0) is 9.47 Å². The minimum absolute atomic E-state index is 0.170. The van der Waals surface area contributed by atoms with E-state index in [1.54, 1.807) is 0 Å². The molecule has 0 radical (unpaired) electrons. The Kier molecular flexibility index (Phi) is 3.30. The van der Waals surface area contributed by atoms with E-state index in [1.165, 1.54) is 0 Å². The third kappa shape index (κ3) is 2.43. The summed E-state index contributed by atoms with van der Waals surface area (Å²) >= 11 is 0. The highest BCUT2D eigenvalue weighted by atomic mass is 16.8. The van der Waals surface area contributed by atoms with Crippen molar-refractivity contribution in [1.82, 2.24) is 0 Å². The molecule has 2 unspecified atom stereocenters. The van der Waals surface area contributed by atoms with Crippen LogP contribution in [0.4, 0.5) is 0 Å². The third-order valence-corrected chi connectivity index (χ3v) is 2.05. The van der Waals surface area contributed by atoms with E-state index in [-0.39, 0.29) is 12.2 Å². The fraction of sp³-hybridized carbons (Fsp3) is 1.00. The van der Waals surface area contributed by atoms with Crippen molar-refractivity contribution in [2.45, 2.75) is 51.8 Å². The molecule has 1 rings (SSSR count). The Morgan fingerprint density at radius 2 is 1.64 bits per heavy atom. The lowest BCUT2D eigenvalue weighted by Crippen LogP contribution is -2.37. The first-order chi connectivity index (χ1) is 5.26. The van der Waals surface area contributed by atoms with Crippen LogP contribution in [0.3, 0.4) is 0 Å². The Morgan fingerprint density at radius 1 is 1.18 bits per heavy atom. The summed E-state index contributed by atoms with van der Waals surface area (Å²) in [7, 11) is 0. The molecule has 0 aliphatic carbocycles. The molecule has 0 aromatic carbocycles. The van der Waals surface area contributed by atoms with Crippen LogP contribution < -0.4 is 0 Å². The summed E-state index contributed by atoms with van der Waals surface area (Å²) in [4.78, 5) is 0. The topological polar surface area (TPSA) is 38.7 Å². The maximum Gasteiger partial charge on any atom is 0.269 e. The number of aliphatic hydroxyl groups is 1. The van der Waals surface area contributed by atoms with Gasteiger partial charge in [-0.2, -0.15) is 0 Å². The maximum absolute atomic E-state index is 9.07. The van der Waals surface area contributed by atoms with Crippen molar-refractivity contribution in [2.24, 2.45) is 0 Å². The number of hydrogen-bond donors (Lipinski definition) is 1. The lowest BCUT2D eigenvalue weighted by Gasteiger charge is -2.31. The van der Waals surface area contributed by atoms with Crippen LogP contribution in [0.5, 0.6) is 0 Å². The van der Waals surface area contributed by atoms with Gasteiger partial charge in [0.05, 0.1) is 12.2 Å². The van der Waals surface area contributed by atoms with Crippen molar-refractivity contribution in [3.63, 3.8) is 0 Å². The molecular weight excluding hydrogens is 144 g/mol. The molecule has 3 nitrogen and oxygen atoms in total. The molecule has 0 bridgehead atoms. The van der Waals surface area contributed by atoms with Crippen LogP contribution in [-0.4, -0.2) is 23.8 Å². The van der Waals surface area contributed by atoms with Crippen molar-refractivity contribution in [2.75, 3.05) is 0 Å². The first-order valence-electron chi connectivity index (χ1n) is 4.25. The van der Waals surface area contributed by atoms with E-state index in [1.807, 2.05) is 0 Å². The average molecular weight is 160 g/mol. The lowest BCUT2D eigenvalue weighted by atomic mass is 10.1. The fourth-order valence-electron chi connectivity index (χ4n) is 1.29. The second-order valence-electron chi connectivity index (χ2n) is 2.88. The zero-order valence-electron chi connectivity index (χ0n) is 7.12. The van der Waals surface area contributed by atoms with Gasteiger partial charge in [-0.25, -0.2) is 0 Å². The second kappa shape index (κ2) is 4.04. The normalized spacial score (nSPS) is 39.0. The van der Waals surface area contributed by atoms with Gasteiger partial charge >= 0.3 is 0 Å². The smallest absolute Gasteiger partial charge is 0.269 e. The molecule has 3 heteroatoms. The Labute approximate surface area is 67.3 Å². The van der Waals surface area contributed by atoms with Gasteiger partial charge in [0.2, 0.25) is 0 Å². The molecule has 0 aromatic heterocycles. The first kappa shape index (κ1) is 8.97. The Balaban J connectivity index is 2.37. The molecule has 1 saturated heterocycles. The standard InChI is InChI=1S/C8H16O3/c1-3-6-5-7(4-2)11-8(9)10-6/h6-9H,3-5H2,1-2H3. The molecule has 0 aromatic rings. The Bertz CT molecular complexity index is 104. The maximum atomic E-state index is 9.07. The van der Waals surface area contributed by atoms with E-state index >= 15 is 0 Å². The summed E-state index contributed by atoms with van der Waals surface area (Å²) in [5, 5.41) is 9.07. The molecule has 0 amide bonds. The van der Waals surface area contributed by atoms with Crippen LogP contribution in [0.25, 0.3) is 0 Å². The largest absolute Gasteiger partial charge is 0.346 e. The predicted octanol–water partition coefficient (Wildman–Crippen LogP) is 1.26. The summed E-state index contributed by atoms with van der Waals surface area (Å²) in [5.41, 5.74) is 0. The summed E-state index contributed by atoms with van der Waals surface area (Å²) in [6, 6.07) is 0. The fourth-order valence-corrected chi connectivity index (χ4v) is 1.29. The number of hydrogen-bond acceptors (Lipinski definition) is 3. The highest BCUT2D eigenvalue weighted by molar-refractivity contribution is 4.67. The van der Waals surface area contributed by atoms with Gasteiger partial charge in [0.15, 0.2) is 0 Å². The molecule has 66 valence electrons. The second-order valence-corrected chi connectivity index (χ2v) is 2.88. The zero-order valence-corrected chi connectivity index (χ0v) is 7.12. The van der Waals surface area contributed by atoms with Crippen molar-refractivity contribution >= 4 is 0 Å². The average Bonchev–Trinajstić information content (AvgIpc) is 2.03. The van der Waals surface area contributed by atoms with Crippen LogP contribution in [0.15, 0.2) is 0 Å². The SMILES string of the molecule is CCC1CC(CC)OC(O)O1. The van der Waals surface area contributed by atoms with Crippen molar-refractivity contribution in [3.05, 3.63) is 0 Å². The molecule has 2 atom stereocenters. The molecule has 1 N–H and O–H groups in total. The van der Waals surface area contributed by atoms with Gasteiger partial charge < -0.3 is 14.6 Å². The van der Waals surface area contributed by atoms with E-state index < -0.39 is 6.48 Å². The first-order valence-corrected chi connectivity index (χ1v) is 4.25. The lowest BCUT2D eigenvalue weighted by molar-refractivity contribution is -0.333. The van der Waals surface area contributed by atoms with Crippen molar-refractivity contribution in [3.8, 4) is 0 Å². The third-order valence-electron chi connectivity index (χ3n) is 2.05.